The third-order valence-corrected chi connectivity index (χ3v) is 2.25. The Morgan fingerprint density at radius 2 is 2.29 bits per heavy atom. The monoisotopic (exact) mass is 201 g/mol. The van der Waals surface area contributed by atoms with Gasteiger partial charge in [0.25, 0.3) is 0 Å². The van der Waals surface area contributed by atoms with Gasteiger partial charge in [-0.3, -0.25) is 9.59 Å². The average Bonchev–Trinajstić information content (AvgIpc) is 2.01. The van der Waals surface area contributed by atoms with Crippen LogP contribution in [0.3, 0.4) is 0 Å². The molecule has 1 atom stereocenters. The minimum Gasteiger partial charge on any atom is -0.481 e. The van der Waals surface area contributed by atoms with Crippen LogP contribution >= 0.6 is 0 Å². The van der Waals surface area contributed by atoms with Crippen LogP contribution in [0.4, 0.5) is 0 Å². The minimum absolute atomic E-state index is 0.0768. The van der Waals surface area contributed by atoms with Gasteiger partial charge in [-0.25, -0.2) is 0 Å². The number of carbonyl (C=O) groups is 2. The van der Waals surface area contributed by atoms with Gasteiger partial charge in [0.1, 0.15) is 0 Å². The van der Waals surface area contributed by atoms with E-state index in [1.807, 2.05) is 0 Å². The second-order valence-corrected chi connectivity index (χ2v) is 3.69. The molecule has 0 aromatic heterocycles. The summed E-state index contributed by atoms with van der Waals surface area (Å²) in [6.07, 6.45) is 1.37. The molecule has 0 aliphatic carbocycles. The zero-order chi connectivity index (χ0) is 10.6. The highest BCUT2D eigenvalue weighted by molar-refractivity contribution is 5.76. The van der Waals surface area contributed by atoms with E-state index in [9.17, 15) is 9.59 Å². The molecule has 0 bridgehead atoms. The Bertz CT molecular complexity index is 215. The van der Waals surface area contributed by atoms with Gasteiger partial charge in [-0.15, -0.1) is 0 Å². The van der Waals surface area contributed by atoms with Gasteiger partial charge >= 0.3 is 5.97 Å². The molecule has 1 saturated heterocycles. The van der Waals surface area contributed by atoms with Crippen molar-refractivity contribution in [2.45, 2.75) is 31.7 Å². The fraction of sp³-hybridized carbons (Fsp3) is 0.778. The van der Waals surface area contributed by atoms with Crippen molar-refractivity contribution in [2.75, 3.05) is 13.2 Å². The lowest BCUT2D eigenvalue weighted by Gasteiger charge is -2.36. The van der Waals surface area contributed by atoms with Crippen molar-refractivity contribution < 1.29 is 19.4 Å². The molecule has 1 fully saturated rings. The number of hydrogen-bond donors (Lipinski definition) is 2. The van der Waals surface area contributed by atoms with E-state index in [0.29, 0.717) is 19.6 Å². The van der Waals surface area contributed by atoms with E-state index in [1.165, 1.54) is 6.92 Å². The first-order chi connectivity index (χ1) is 6.54. The maximum Gasteiger partial charge on any atom is 0.305 e. The van der Waals surface area contributed by atoms with Crippen LogP contribution in [-0.2, 0) is 14.3 Å². The molecule has 0 aromatic rings. The molecule has 1 rings (SSSR count). The highest BCUT2D eigenvalue weighted by Gasteiger charge is 2.35. The smallest absolute Gasteiger partial charge is 0.305 e. The second kappa shape index (κ2) is 4.41. The van der Waals surface area contributed by atoms with Crippen molar-refractivity contribution in [3.05, 3.63) is 0 Å². The van der Waals surface area contributed by atoms with Gasteiger partial charge in [0, 0.05) is 13.5 Å². The van der Waals surface area contributed by atoms with Gasteiger partial charge < -0.3 is 15.2 Å². The molecule has 14 heavy (non-hydrogen) atoms. The molecule has 5 nitrogen and oxygen atoms in total. The number of carboxylic acids is 1. The molecule has 1 amide bonds. The summed E-state index contributed by atoms with van der Waals surface area (Å²) >= 11 is 0. The SMILES string of the molecule is CC(=O)NC1(CC(=O)O)CCCOC1. The van der Waals surface area contributed by atoms with Crippen LogP contribution in [0, 0.1) is 0 Å². The van der Waals surface area contributed by atoms with Crippen molar-refractivity contribution in [3.63, 3.8) is 0 Å². The summed E-state index contributed by atoms with van der Waals surface area (Å²) in [6, 6.07) is 0. The van der Waals surface area contributed by atoms with Crippen LogP contribution in [0.15, 0.2) is 0 Å². The number of rotatable bonds is 3. The molecule has 0 saturated carbocycles. The van der Waals surface area contributed by atoms with Crippen LogP contribution in [0.1, 0.15) is 26.2 Å². The van der Waals surface area contributed by atoms with Gasteiger partial charge in [0.2, 0.25) is 5.91 Å². The van der Waals surface area contributed by atoms with E-state index in [-0.39, 0.29) is 12.3 Å². The Labute approximate surface area is 82.4 Å². The Morgan fingerprint density at radius 1 is 1.57 bits per heavy atom. The molecule has 1 unspecified atom stereocenters. The zero-order valence-corrected chi connectivity index (χ0v) is 8.21. The average molecular weight is 201 g/mol. The topological polar surface area (TPSA) is 75.6 Å². The van der Waals surface area contributed by atoms with Crippen LogP contribution in [0.5, 0.6) is 0 Å². The number of nitrogens with one attached hydrogen (secondary N) is 1. The summed E-state index contributed by atoms with van der Waals surface area (Å²) in [5, 5.41) is 11.4. The van der Waals surface area contributed by atoms with E-state index >= 15 is 0 Å². The first-order valence-electron chi connectivity index (χ1n) is 4.62. The predicted molar refractivity (Wildman–Crippen MR) is 48.9 cm³/mol. The Kier molecular flexibility index (Phi) is 3.46. The molecule has 2 N–H and O–H groups in total. The fourth-order valence-corrected chi connectivity index (χ4v) is 1.80. The van der Waals surface area contributed by atoms with Crippen LogP contribution < -0.4 is 5.32 Å². The number of carbonyl (C=O) groups excluding carboxylic acids is 1. The first kappa shape index (κ1) is 11.0. The molecule has 80 valence electrons. The normalized spacial score (nSPS) is 26.9. The van der Waals surface area contributed by atoms with Gasteiger partial charge in [0.05, 0.1) is 18.6 Å². The number of hydrogen-bond acceptors (Lipinski definition) is 3. The predicted octanol–water partition coefficient (Wildman–Crippen LogP) is 0.146. The van der Waals surface area contributed by atoms with Crippen LogP contribution in [0.2, 0.25) is 0 Å². The maximum absolute atomic E-state index is 10.9. The third-order valence-electron chi connectivity index (χ3n) is 2.25. The Balaban J connectivity index is 2.66. The highest BCUT2D eigenvalue weighted by atomic mass is 16.5. The summed E-state index contributed by atoms with van der Waals surface area (Å²) in [5.74, 6) is -1.12. The van der Waals surface area contributed by atoms with Crippen molar-refractivity contribution in [1.82, 2.24) is 5.32 Å². The number of aliphatic carboxylic acids is 1. The quantitative estimate of drug-likeness (QED) is 0.681. The molecule has 1 aliphatic rings. The molecule has 5 heteroatoms. The van der Waals surface area contributed by atoms with Crippen molar-refractivity contribution >= 4 is 11.9 Å². The molecule has 0 aromatic carbocycles. The molecule has 0 spiro atoms. The van der Waals surface area contributed by atoms with E-state index in [0.717, 1.165) is 6.42 Å². The highest BCUT2D eigenvalue weighted by Crippen LogP contribution is 2.22. The lowest BCUT2D eigenvalue weighted by Crippen LogP contribution is -2.54. The van der Waals surface area contributed by atoms with Crippen LogP contribution in [0.25, 0.3) is 0 Å². The first-order valence-corrected chi connectivity index (χ1v) is 4.62. The summed E-state index contributed by atoms with van der Waals surface area (Å²) in [4.78, 5) is 21.6. The summed E-state index contributed by atoms with van der Waals surface area (Å²) in [7, 11) is 0. The van der Waals surface area contributed by atoms with E-state index in [1.54, 1.807) is 0 Å². The summed E-state index contributed by atoms with van der Waals surface area (Å²) in [5.41, 5.74) is -0.698. The molecule has 0 radical (unpaired) electrons. The van der Waals surface area contributed by atoms with E-state index < -0.39 is 11.5 Å². The lowest BCUT2D eigenvalue weighted by atomic mass is 9.89. The molecular weight excluding hydrogens is 186 g/mol. The van der Waals surface area contributed by atoms with Crippen molar-refractivity contribution in [1.29, 1.82) is 0 Å². The van der Waals surface area contributed by atoms with Crippen molar-refractivity contribution in [2.24, 2.45) is 0 Å². The molecular formula is C9H15NO4. The zero-order valence-electron chi connectivity index (χ0n) is 8.21. The van der Waals surface area contributed by atoms with Crippen LogP contribution in [-0.4, -0.2) is 35.7 Å². The molecule has 1 heterocycles. The number of ether oxygens (including phenoxy) is 1. The summed E-state index contributed by atoms with van der Waals surface area (Å²) in [6.45, 7) is 2.32. The van der Waals surface area contributed by atoms with Gasteiger partial charge in [-0.2, -0.15) is 0 Å². The summed E-state index contributed by atoms with van der Waals surface area (Å²) < 4.78 is 5.21. The number of carboxylic acid groups (broad SMARTS) is 1. The van der Waals surface area contributed by atoms with Crippen molar-refractivity contribution in [3.8, 4) is 0 Å². The Hall–Kier alpha value is -1.10. The van der Waals surface area contributed by atoms with E-state index in [4.69, 9.17) is 9.84 Å². The third kappa shape index (κ3) is 2.99. The van der Waals surface area contributed by atoms with E-state index in [2.05, 4.69) is 5.32 Å². The largest absolute Gasteiger partial charge is 0.481 e. The lowest BCUT2D eigenvalue weighted by molar-refractivity contribution is -0.141. The number of amides is 1. The second-order valence-electron chi connectivity index (χ2n) is 3.69. The minimum atomic E-state index is -0.913. The van der Waals surface area contributed by atoms with Gasteiger partial charge in [-0.1, -0.05) is 0 Å². The molecule has 1 aliphatic heterocycles. The Morgan fingerprint density at radius 3 is 2.71 bits per heavy atom. The fourth-order valence-electron chi connectivity index (χ4n) is 1.80. The van der Waals surface area contributed by atoms with Gasteiger partial charge in [-0.05, 0) is 12.8 Å². The van der Waals surface area contributed by atoms with Gasteiger partial charge in [0.15, 0.2) is 0 Å². The standard InChI is InChI=1S/C9H15NO4/c1-7(11)10-9(5-8(12)13)3-2-4-14-6-9/h2-6H2,1H3,(H,10,11)(H,12,13). The maximum atomic E-state index is 10.9.